The van der Waals surface area contributed by atoms with Crippen LogP contribution in [-0.2, 0) is 14.8 Å². The number of sulfonamides is 1. The predicted molar refractivity (Wildman–Crippen MR) is 124 cm³/mol. The number of carbonyl (C=O) groups excluding carboxylic acids is 1. The Morgan fingerprint density at radius 3 is 2.44 bits per heavy atom. The Morgan fingerprint density at radius 1 is 1.06 bits per heavy atom. The minimum absolute atomic E-state index is 0.0839. The summed E-state index contributed by atoms with van der Waals surface area (Å²) >= 11 is 6.05. The van der Waals surface area contributed by atoms with Crippen LogP contribution >= 0.6 is 11.6 Å². The van der Waals surface area contributed by atoms with E-state index in [0.29, 0.717) is 11.1 Å². The Kier molecular flexibility index (Phi) is 7.17. The Balaban J connectivity index is 1.87. The third-order valence-electron chi connectivity index (χ3n) is 4.49. The van der Waals surface area contributed by atoms with Gasteiger partial charge in [-0.25, -0.2) is 12.8 Å². The summed E-state index contributed by atoms with van der Waals surface area (Å²) in [5.41, 5.74) is 1.13. The fourth-order valence-corrected chi connectivity index (χ4v) is 4.46. The van der Waals surface area contributed by atoms with E-state index in [4.69, 9.17) is 16.3 Å². The lowest BCUT2D eigenvalue weighted by atomic mass is 10.1. The summed E-state index contributed by atoms with van der Waals surface area (Å²) in [6.07, 6.45) is 1.23. The molecule has 0 aliphatic rings. The van der Waals surface area contributed by atoms with Crippen molar-refractivity contribution in [1.82, 2.24) is 0 Å². The molecule has 0 spiro atoms. The highest BCUT2D eigenvalue weighted by Gasteiger charge is 2.21. The van der Waals surface area contributed by atoms with E-state index < -0.39 is 21.7 Å². The molecule has 9 heteroatoms. The van der Waals surface area contributed by atoms with Crippen LogP contribution in [0.4, 0.5) is 15.8 Å². The number of halogens is 2. The number of benzene rings is 3. The highest BCUT2D eigenvalue weighted by atomic mass is 35.5. The van der Waals surface area contributed by atoms with Gasteiger partial charge in [0.2, 0.25) is 5.91 Å². The summed E-state index contributed by atoms with van der Waals surface area (Å²) in [6.45, 7) is 1.61. The molecule has 0 bridgehead atoms. The topological polar surface area (TPSA) is 84.5 Å². The van der Waals surface area contributed by atoms with E-state index in [1.807, 2.05) is 0 Å². The summed E-state index contributed by atoms with van der Waals surface area (Å²) in [6, 6.07) is 16.7. The van der Waals surface area contributed by atoms with Crippen LogP contribution in [0.1, 0.15) is 12.5 Å². The van der Waals surface area contributed by atoms with Gasteiger partial charge in [-0.2, -0.15) is 0 Å². The lowest BCUT2D eigenvalue weighted by Crippen LogP contribution is -2.15. The van der Waals surface area contributed by atoms with Crippen LogP contribution in [-0.4, -0.2) is 21.4 Å². The molecule has 0 fully saturated rings. The first-order valence-corrected chi connectivity index (χ1v) is 11.3. The maximum absolute atomic E-state index is 13.9. The minimum Gasteiger partial charge on any atom is -0.495 e. The maximum atomic E-state index is 13.9. The van der Waals surface area contributed by atoms with E-state index in [2.05, 4.69) is 10.0 Å². The van der Waals surface area contributed by atoms with Crippen molar-refractivity contribution in [2.75, 3.05) is 17.1 Å². The predicted octanol–water partition coefficient (Wildman–Crippen LogP) is 5.33. The van der Waals surface area contributed by atoms with Crippen molar-refractivity contribution in [2.24, 2.45) is 0 Å². The van der Waals surface area contributed by atoms with Crippen molar-refractivity contribution in [3.05, 3.63) is 89.2 Å². The van der Waals surface area contributed by atoms with Crippen LogP contribution in [0.5, 0.6) is 5.75 Å². The molecule has 2 N–H and O–H groups in total. The van der Waals surface area contributed by atoms with Crippen LogP contribution in [0.15, 0.2) is 77.7 Å². The number of carbonyl (C=O) groups is 1. The van der Waals surface area contributed by atoms with Crippen LogP contribution < -0.4 is 14.8 Å². The highest BCUT2D eigenvalue weighted by molar-refractivity contribution is 7.92. The summed E-state index contributed by atoms with van der Waals surface area (Å²) in [5.74, 6) is -0.906. The largest absolute Gasteiger partial charge is 0.495 e. The molecule has 3 rings (SSSR count). The summed E-state index contributed by atoms with van der Waals surface area (Å²) < 4.78 is 47.4. The Hall–Kier alpha value is -3.36. The van der Waals surface area contributed by atoms with Gasteiger partial charge in [0.25, 0.3) is 10.0 Å². The number of methoxy groups -OCH3 is 1. The number of hydrogen-bond acceptors (Lipinski definition) is 4. The molecule has 166 valence electrons. The first kappa shape index (κ1) is 23.3. The highest BCUT2D eigenvalue weighted by Crippen LogP contribution is 2.31. The first-order chi connectivity index (χ1) is 15.2. The SMILES string of the molecule is COc1ccc(NC(=O)C=C(C)c2ccccc2F)cc1S(=O)(=O)Nc1ccccc1Cl. The Bertz CT molecular complexity index is 1290. The molecule has 0 atom stereocenters. The number of nitrogens with one attached hydrogen (secondary N) is 2. The van der Waals surface area contributed by atoms with Gasteiger partial charge in [-0.3, -0.25) is 9.52 Å². The molecule has 0 aliphatic heterocycles. The zero-order valence-corrected chi connectivity index (χ0v) is 18.8. The molecule has 0 unspecified atom stereocenters. The van der Waals surface area contributed by atoms with Crippen LogP contribution in [0.3, 0.4) is 0 Å². The second-order valence-corrected chi connectivity index (χ2v) is 8.81. The fraction of sp³-hybridized carbons (Fsp3) is 0.0870. The molecule has 6 nitrogen and oxygen atoms in total. The zero-order valence-electron chi connectivity index (χ0n) is 17.2. The van der Waals surface area contributed by atoms with Crippen molar-refractivity contribution in [3.8, 4) is 5.75 Å². The second kappa shape index (κ2) is 9.84. The quantitative estimate of drug-likeness (QED) is 0.453. The summed E-state index contributed by atoms with van der Waals surface area (Å²) in [5, 5.41) is 2.82. The molecule has 0 heterocycles. The molecular formula is C23H20ClFN2O4S. The van der Waals surface area contributed by atoms with Gasteiger partial charge in [-0.1, -0.05) is 41.9 Å². The average molecular weight is 475 g/mol. The van der Waals surface area contributed by atoms with Gasteiger partial charge in [0.1, 0.15) is 16.5 Å². The number of para-hydroxylation sites is 1. The fourth-order valence-electron chi connectivity index (χ4n) is 2.94. The van der Waals surface area contributed by atoms with Gasteiger partial charge >= 0.3 is 0 Å². The molecular weight excluding hydrogens is 455 g/mol. The van der Waals surface area contributed by atoms with E-state index >= 15 is 0 Å². The van der Waals surface area contributed by atoms with E-state index in [1.165, 1.54) is 43.5 Å². The van der Waals surface area contributed by atoms with Crippen molar-refractivity contribution >= 4 is 44.5 Å². The van der Waals surface area contributed by atoms with Crippen molar-refractivity contribution in [3.63, 3.8) is 0 Å². The third kappa shape index (κ3) is 5.46. The second-order valence-electron chi connectivity index (χ2n) is 6.75. The molecule has 0 aliphatic carbocycles. The number of allylic oxidation sites excluding steroid dienone is 1. The molecule has 0 saturated carbocycles. The lowest BCUT2D eigenvalue weighted by molar-refractivity contribution is -0.111. The molecule has 3 aromatic carbocycles. The number of anilines is 2. The lowest BCUT2D eigenvalue weighted by Gasteiger charge is -2.14. The number of rotatable bonds is 7. The molecule has 0 aromatic heterocycles. The van der Waals surface area contributed by atoms with Gasteiger partial charge in [0.15, 0.2) is 0 Å². The first-order valence-electron chi connectivity index (χ1n) is 9.41. The van der Waals surface area contributed by atoms with Gasteiger partial charge in [-0.15, -0.1) is 0 Å². The van der Waals surface area contributed by atoms with Crippen molar-refractivity contribution in [2.45, 2.75) is 11.8 Å². The van der Waals surface area contributed by atoms with E-state index in [-0.39, 0.29) is 27.0 Å². The summed E-state index contributed by atoms with van der Waals surface area (Å²) in [4.78, 5) is 12.2. The van der Waals surface area contributed by atoms with Crippen molar-refractivity contribution in [1.29, 1.82) is 0 Å². The van der Waals surface area contributed by atoms with E-state index in [1.54, 1.807) is 43.3 Å². The number of ether oxygens (including phenoxy) is 1. The van der Waals surface area contributed by atoms with E-state index in [0.717, 1.165) is 0 Å². The number of amides is 1. The van der Waals surface area contributed by atoms with Gasteiger partial charge in [0, 0.05) is 17.3 Å². The normalized spacial score (nSPS) is 11.7. The summed E-state index contributed by atoms with van der Waals surface area (Å²) in [7, 11) is -2.75. The molecule has 3 aromatic rings. The van der Waals surface area contributed by atoms with Crippen LogP contribution in [0, 0.1) is 5.82 Å². The van der Waals surface area contributed by atoms with E-state index in [9.17, 15) is 17.6 Å². The maximum Gasteiger partial charge on any atom is 0.265 e. The molecule has 0 saturated heterocycles. The smallest absolute Gasteiger partial charge is 0.265 e. The van der Waals surface area contributed by atoms with Gasteiger partial charge < -0.3 is 10.1 Å². The average Bonchev–Trinajstić information content (AvgIpc) is 2.75. The molecule has 0 radical (unpaired) electrons. The molecule has 1 amide bonds. The minimum atomic E-state index is -4.08. The molecule has 32 heavy (non-hydrogen) atoms. The van der Waals surface area contributed by atoms with Crippen molar-refractivity contribution < 1.29 is 22.3 Å². The standard InChI is InChI=1S/C23H20ClFN2O4S/c1-15(17-7-3-5-9-19(17)25)13-23(28)26-16-11-12-21(31-2)22(14-16)32(29,30)27-20-10-6-4-8-18(20)24/h3-14,27H,1-2H3,(H,26,28). The van der Waals surface area contributed by atoms with Crippen LogP contribution in [0.2, 0.25) is 5.02 Å². The third-order valence-corrected chi connectivity index (χ3v) is 6.20. The van der Waals surface area contributed by atoms with Gasteiger partial charge in [0.05, 0.1) is 17.8 Å². The van der Waals surface area contributed by atoms with Crippen LogP contribution in [0.25, 0.3) is 5.57 Å². The Labute approximate surface area is 190 Å². The zero-order chi connectivity index (χ0) is 23.3. The van der Waals surface area contributed by atoms with Gasteiger partial charge in [-0.05, 0) is 48.9 Å². The monoisotopic (exact) mass is 474 g/mol. The number of hydrogen-bond donors (Lipinski definition) is 2. The Morgan fingerprint density at radius 2 is 1.75 bits per heavy atom.